The van der Waals surface area contributed by atoms with E-state index < -0.39 is 10.0 Å². The van der Waals surface area contributed by atoms with Gasteiger partial charge in [0.2, 0.25) is 10.0 Å². The summed E-state index contributed by atoms with van der Waals surface area (Å²) in [6.45, 7) is 5.85. The second-order valence-electron chi connectivity index (χ2n) is 5.30. The van der Waals surface area contributed by atoms with E-state index in [9.17, 15) is 8.42 Å². The van der Waals surface area contributed by atoms with Gasteiger partial charge in [0.05, 0.1) is 11.5 Å². The lowest BCUT2D eigenvalue weighted by atomic mass is 9.87. The van der Waals surface area contributed by atoms with E-state index in [-0.39, 0.29) is 18.6 Å². The van der Waals surface area contributed by atoms with Gasteiger partial charge in [0.1, 0.15) is 0 Å². The lowest BCUT2D eigenvalue weighted by molar-refractivity contribution is 0.266. The standard InChI is InChI=1S/C13H21NO3S/c1-13(2,3)11-7-5-6-8-12(11)18(16,17)14(4)9-10-15/h5-8,15H,9-10H2,1-4H3. The fourth-order valence-corrected chi connectivity index (χ4v) is 3.30. The molecule has 0 aliphatic rings. The Bertz CT molecular complexity index is 503. The Hall–Kier alpha value is -0.910. The van der Waals surface area contributed by atoms with Crippen LogP contribution in [0.2, 0.25) is 0 Å². The molecule has 1 aromatic carbocycles. The molecule has 0 aliphatic carbocycles. The average molecular weight is 271 g/mol. The minimum Gasteiger partial charge on any atom is -0.395 e. The third kappa shape index (κ3) is 3.10. The molecule has 0 aromatic heterocycles. The van der Waals surface area contributed by atoms with Gasteiger partial charge in [0, 0.05) is 13.6 Å². The van der Waals surface area contributed by atoms with E-state index in [1.165, 1.54) is 11.4 Å². The number of nitrogens with zero attached hydrogens (tertiary/aromatic N) is 1. The quantitative estimate of drug-likeness (QED) is 0.905. The van der Waals surface area contributed by atoms with E-state index in [0.29, 0.717) is 4.90 Å². The molecule has 0 saturated heterocycles. The van der Waals surface area contributed by atoms with Crippen molar-refractivity contribution < 1.29 is 13.5 Å². The summed E-state index contributed by atoms with van der Waals surface area (Å²) in [5, 5.41) is 8.87. The Labute approximate surface area is 109 Å². The molecule has 5 heteroatoms. The highest BCUT2D eigenvalue weighted by atomic mass is 32.2. The molecule has 0 radical (unpaired) electrons. The van der Waals surface area contributed by atoms with Gasteiger partial charge in [0.25, 0.3) is 0 Å². The molecule has 0 atom stereocenters. The second kappa shape index (κ2) is 5.38. The summed E-state index contributed by atoms with van der Waals surface area (Å²) < 4.78 is 26.0. The summed E-state index contributed by atoms with van der Waals surface area (Å²) in [4.78, 5) is 0.313. The molecule has 0 spiro atoms. The maximum Gasteiger partial charge on any atom is 0.243 e. The number of aliphatic hydroxyl groups is 1. The first kappa shape index (κ1) is 15.1. The van der Waals surface area contributed by atoms with Crippen LogP contribution in [0.25, 0.3) is 0 Å². The Morgan fingerprint density at radius 1 is 1.22 bits per heavy atom. The van der Waals surface area contributed by atoms with Gasteiger partial charge in [-0.25, -0.2) is 8.42 Å². The van der Waals surface area contributed by atoms with Gasteiger partial charge in [-0.05, 0) is 17.0 Å². The average Bonchev–Trinajstić information content (AvgIpc) is 2.28. The van der Waals surface area contributed by atoms with Gasteiger partial charge >= 0.3 is 0 Å². The maximum absolute atomic E-state index is 12.4. The molecular formula is C13H21NO3S. The third-order valence-electron chi connectivity index (χ3n) is 2.80. The molecule has 18 heavy (non-hydrogen) atoms. The fourth-order valence-electron chi connectivity index (χ4n) is 1.74. The number of aliphatic hydroxyl groups excluding tert-OH is 1. The van der Waals surface area contributed by atoms with Gasteiger partial charge in [-0.2, -0.15) is 4.31 Å². The summed E-state index contributed by atoms with van der Waals surface area (Å²) in [6.07, 6.45) is 0. The summed E-state index contributed by atoms with van der Waals surface area (Å²) in [6, 6.07) is 7.00. The summed E-state index contributed by atoms with van der Waals surface area (Å²) >= 11 is 0. The molecule has 0 fully saturated rings. The van der Waals surface area contributed by atoms with Crippen molar-refractivity contribution in [2.45, 2.75) is 31.1 Å². The second-order valence-corrected chi connectivity index (χ2v) is 7.31. The zero-order chi connectivity index (χ0) is 14.0. The lowest BCUT2D eigenvalue weighted by Crippen LogP contribution is -2.31. The van der Waals surface area contributed by atoms with Crippen LogP contribution in [0.15, 0.2) is 29.2 Å². The van der Waals surface area contributed by atoms with Gasteiger partial charge in [-0.3, -0.25) is 0 Å². The van der Waals surface area contributed by atoms with E-state index in [1.807, 2.05) is 32.9 Å². The van der Waals surface area contributed by atoms with Gasteiger partial charge in [-0.15, -0.1) is 0 Å². The molecule has 102 valence electrons. The third-order valence-corrected chi connectivity index (χ3v) is 4.71. The molecule has 0 amide bonds. The number of rotatable bonds is 4. The van der Waals surface area contributed by atoms with Crippen LogP contribution in [-0.2, 0) is 15.4 Å². The number of benzene rings is 1. The predicted molar refractivity (Wildman–Crippen MR) is 72.0 cm³/mol. The van der Waals surface area contributed by atoms with Crippen LogP contribution in [-0.4, -0.2) is 38.0 Å². The van der Waals surface area contributed by atoms with Crippen LogP contribution in [0.4, 0.5) is 0 Å². The van der Waals surface area contributed by atoms with Gasteiger partial charge in [0.15, 0.2) is 0 Å². The number of hydrogen-bond donors (Lipinski definition) is 1. The van der Waals surface area contributed by atoms with Crippen LogP contribution in [0.1, 0.15) is 26.3 Å². The van der Waals surface area contributed by atoms with Crippen molar-refractivity contribution in [1.29, 1.82) is 0 Å². The molecule has 0 unspecified atom stereocenters. The van der Waals surface area contributed by atoms with Crippen LogP contribution < -0.4 is 0 Å². The largest absolute Gasteiger partial charge is 0.395 e. The minimum atomic E-state index is -3.54. The van der Waals surface area contributed by atoms with Gasteiger partial charge in [-0.1, -0.05) is 39.0 Å². The summed E-state index contributed by atoms with van der Waals surface area (Å²) in [5.74, 6) is 0. The zero-order valence-corrected chi connectivity index (χ0v) is 12.2. The topological polar surface area (TPSA) is 57.6 Å². The Morgan fingerprint density at radius 2 is 1.78 bits per heavy atom. The SMILES string of the molecule is CN(CCO)S(=O)(=O)c1ccccc1C(C)(C)C. The molecular weight excluding hydrogens is 250 g/mol. The Morgan fingerprint density at radius 3 is 2.28 bits per heavy atom. The van der Waals surface area contributed by atoms with Crippen molar-refractivity contribution >= 4 is 10.0 Å². The van der Waals surface area contributed by atoms with Crippen molar-refractivity contribution in [1.82, 2.24) is 4.31 Å². The highest BCUT2D eigenvalue weighted by Crippen LogP contribution is 2.29. The molecule has 0 bridgehead atoms. The van der Waals surface area contributed by atoms with E-state index in [1.54, 1.807) is 12.1 Å². The molecule has 1 rings (SSSR count). The zero-order valence-electron chi connectivity index (χ0n) is 11.3. The smallest absolute Gasteiger partial charge is 0.243 e. The number of likely N-dealkylation sites (N-methyl/N-ethyl adjacent to an activating group) is 1. The monoisotopic (exact) mass is 271 g/mol. The minimum absolute atomic E-state index is 0.0980. The first-order valence-electron chi connectivity index (χ1n) is 5.88. The first-order chi connectivity index (χ1) is 8.21. The summed E-state index contributed by atoms with van der Waals surface area (Å²) in [7, 11) is -2.06. The van der Waals surface area contributed by atoms with Crippen molar-refractivity contribution in [2.24, 2.45) is 0 Å². The molecule has 4 nitrogen and oxygen atoms in total. The molecule has 0 aliphatic heterocycles. The number of sulfonamides is 1. The molecule has 0 heterocycles. The highest BCUT2D eigenvalue weighted by molar-refractivity contribution is 7.89. The van der Waals surface area contributed by atoms with E-state index in [2.05, 4.69) is 0 Å². The predicted octanol–water partition coefficient (Wildman–Crippen LogP) is 1.60. The van der Waals surface area contributed by atoms with Gasteiger partial charge < -0.3 is 5.11 Å². The van der Waals surface area contributed by atoms with Crippen molar-refractivity contribution in [2.75, 3.05) is 20.2 Å². The van der Waals surface area contributed by atoms with Crippen molar-refractivity contribution in [3.63, 3.8) is 0 Å². The van der Waals surface area contributed by atoms with Crippen LogP contribution >= 0.6 is 0 Å². The Balaban J connectivity index is 3.34. The summed E-state index contributed by atoms with van der Waals surface area (Å²) in [5.41, 5.74) is 0.541. The number of hydrogen-bond acceptors (Lipinski definition) is 3. The normalized spacial score (nSPS) is 13.0. The van der Waals surface area contributed by atoms with Crippen LogP contribution in [0.5, 0.6) is 0 Å². The van der Waals surface area contributed by atoms with E-state index in [4.69, 9.17) is 5.11 Å². The maximum atomic E-state index is 12.4. The van der Waals surface area contributed by atoms with Crippen LogP contribution in [0, 0.1) is 0 Å². The Kier molecular flexibility index (Phi) is 4.53. The van der Waals surface area contributed by atoms with Crippen molar-refractivity contribution in [3.05, 3.63) is 29.8 Å². The van der Waals surface area contributed by atoms with E-state index in [0.717, 1.165) is 5.56 Å². The highest BCUT2D eigenvalue weighted by Gasteiger charge is 2.27. The molecule has 1 aromatic rings. The molecule has 0 saturated carbocycles. The lowest BCUT2D eigenvalue weighted by Gasteiger charge is -2.25. The first-order valence-corrected chi connectivity index (χ1v) is 7.32. The van der Waals surface area contributed by atoms with Crippen molar-refractivity contribution in [3.8, 4) is 0 Å². The van der Waals surface area contributed by atoms with Crippen LogP contribution in [0.3, 0.4) is 0 Å². The fraction of sp³-hybridized carbons (Fsp3) is 0.538. The molecule has 1 N–H and O–H groups in total. The van der Waals surface area contributed by atoms with E-state index >= 15 is 0 Å².